The molecule has 0 saturated heterocycles. The molecule has 0 spiro atoms. The smallest absolute Gasteiger partial charge is 0.0985 e. The van der Waals surface area contributed by atoms with E-state index in [-0.39, 0.29) is 128 Å². The Hall–Kier alpha value is 2.52. The maximum Gasteiger partial charge on any atom is 0.0985 e. The van der Waals surface area contributed by atoms with E-state index in [1.54, 1.807) is 6.08 Å². The normalized spacial score (nSPS) is 7.67. The van der Waals surface area contributed by atoms with E-state index in [0.29, 0.717) is 13.1 Å². The summed E-state index contributed by atoms with van der Waals surface area (Å²) in [6, 6.07) is 0. The van der Waals surface area contributed by atoms with Crippen LogP contribution >= 0.6 is 0 Å². The summed E-state index contributed by atoms with van der Waals surface area (Å²) >= 11 is 0. The van der Waals surface area contributed by atoms with Crippen molar-refractivity contribution in [2.24, 2.45) is 0 Å². The minimum absolute atomic E-state index is 0. The Morgan fingerprint density at radius 2 is 1.44 bits per heavy atom. The fraction of sp³-hybridized carbons (Fsp3) is 0.308. The molecule has 0 atom stereocenters. The van der Waals surface area contributed by atoms with Gasteiger partial charge in [-0.25, -0.2) is 6.21 Å². The molecule has 0 bridgehead atoms. The number of hydrogen-bond acceptors (Lipinski definition) is 1. The van der Waals surface area contributed by atoms with E-state index in [2.05, 4.69) is 26.3 Å². The molecule has 2 nitrogen and oxygen atoms in total. The van der Waals surface area contributed by atoms with Crippen LogP contribution < -0.4 is 0 Å². The average molecular weight is 478 g/mol. The summed E-state index contributed by atoms with van der Waals surface area (Å²) in [6.45, 7) is 8.82. The van der Waals surface area contributed by atoms with Crippen LogP contribution in [0.1, 0.15) is 0 Å². The molecule has 0 N–H and O–H groups in total. The molecule has 0 aliphatic heterocycles. The van der Waals surface area contributed by atoms with E-state index in [1.807, 2.05) is 23.6 Å². The molecule has 5 heteroatoms. The fourth-order valence-corrected chi connectivity index (χ4v) is 0.378. The molecule has 0 heterocycles. The van der Waals surface area contributed by atoms with E-state index in [4.69, 9.17) is 0 Å². The van der Waals surface area contributed by atoms with Crippen LogP contribution in [0.3, 0.4) is 0 Å². The topological polar surface area (TPSA) is 6.25 Å². The van der Waals surface area contributed by atoms with Gasteiger partial charge in [0.1, 0.15) is 0 Å². The summed E-state index contributed by atoms with van der Waals surface area (Å²) < 4.78 is 1.85. The molecule has 0 amide bonds. The van der Waals surface area contributed by atoms with Crippen molar-refractivity contribution < 1.29 is 103 Å². The van der Waals surface area contributed by atoms with Gasteiger partial charge in [-0.1, -0.05) is 0 Å². The molecule has 3 radical (unpaired) electrons. The largest absolute Gasteiger partial charge is 0.583 e. The van der Waals surface area contributed by atoms with E-state index in [0.717, 1.165) is 0 Å². The summed E-state index contributed by atoms with van der Waals surface area (Å²) in [5, 5.41) is 0. The maximum atomic E-state index is 3.69. The Labute approximate surface area is 193 Å². The van der Waals surface area contributed by atoms with Crippen molar-refractivity contribution >= 4 is 6.21 Å². The van der Waals surface area contributed by atoms with Crippen molar-refractivity contribution in [1.82, 2.24) is 4.90 Å². The first-order valence-electron chi connectivity index (χ1n) is 3.55. The van der Waals surface area contributed by atoms with Gasteiger partial charge in [-0.15, -0.1) is 6.54 Å². The molecular formula is C13H27N2Y3-7. The SMILES string of the molecule is [CH2-]CN(C)[C-]=C[C-]=[N+](C)C[CH2-].[CH3-].[CH3-].[CH3-].[CH3-].[Y].[Y].[Y]. The standard InChI is InChI=1S/C9H15N2.4CH3.3Y/c1-5-10(3)8-7-9-11(4)6-2;;;;;;;/h7H,1-2,5-6H2,3-4H3;4*1H3;;;/q-3;4*-1;;;. The summed E-state index contributed by atoms with van der Waals surface area (Å²) in [7, 11) is 3.82. The Balaban J connectivity index is -0.0000000238. The van der Waals surface area contributed by atoms with Gasteiger partial charge in [-0.05, 0) is 13.6 Å². The molecule has 105 valence electrons. The van der Waals surface area contributed by atoms with E-state index < -0.39 is 0 Å². The minimum atomic E-state index is 0. The monoisotopic (exact) mass is 478 g/mol. The van der Waals surface area contributed by atoms with Crippen LogP contribution in [0, 0.1) is 49.8 Å². The van der Waals surface area contributed by atoms with Crippen LogP contribution in [0.15, 0.2) is 6.08 Å². The fourth-order valence-electron chi connectivity index (χ4n) is 0.378. The third kappa shape index (κ3) is 36.3. The second-order valence-corrected chi connectivity index (χ2v) is 2.25. The van der Waals surface area contributed by atoms with Crippen molar-refractivity contribution in [3.05, 3.63) is 55.8 Å². The Morgan fingerprint density at radius 3 is 1.72 bits per heavy atom. The Bertz CT molecular complexity index is 160. The zero-order valence-corrected chi connectivity index (χ0v) is 21.5. The van der Waals surface area contributed by atoms with Crippen LogP contribution in [0.4, 0.5) is 0 Å². The molecule has 0 fully saturated rings. The summed E-state index contributed by atoms with van der Waals surface area (Å²) in [5.41, 5.74) is 0. The Kier molecular flexibility index (Phi) is 102. The van der Waals surface area contributed by atoms with E-state index in [9.17, 15) is 0 Å². The van der Waals surface area contributed by atoms with Crippen LogP contribution in [0.2, 0.25) is 0 Å². The molecule has 0 aromatic rings. The molecule has 0 aromatic heterocycles. The predicted molar refractivity (Wildman–Crippen MR) is 72.9 cm³/mol. The third-order valence-corrected chi connectivity index (χ3v) is 1.24. The van der Waals surface area contributed by atoms with Crippen molar-refractivity contribution in [2.45, 2.75) is 0 Å². The van der Waals surface area contributed by atoms with Gasteiger partial charge in [-0.2, -0.15) is 0 Å². The van der Waals surface area contributed by atoms with Crippen LogP contribution in [0.25, 0.3) is 0 Å². The number of nitrogens with zero attached hydrogens (tertiary/aromatic N) is 2. The summed E-state index contributed by atoms with van der Waals surface area (Å²) in [5.74, 6) is 0. The molecule has 0 rings (SSSR count). The van der Waals surface area contributed by atoms with Crippen molar-refractivity contribution in [3.63, 3.8) is 0 Å². The first kappa shape index (κ1) is 49.9. The molecule has 0 saturated carbocycles. The van der Waals surface area contributed by atoms with Gasteiger partial charge in [-0.3, -0.25) is 6.92 Å². The number of hydrogen-bond donors (Lipinski definition) is 0. The van der Waals surface area contributed by atoms with Gasteiger partial charge >= 0.3 is 0 Å². The molecule has 0 unspecified atom stereocenters. The average Bonchev–Trinajstić information content (AvgIpc) is 2.04. The molecule has 0 aliphatic carbocycles. The van der Waals surface area contributed by atoms with Gasteiger partial charge in [0.15, 0.2) is 0 Å². The zero-order valence-electron chi connectivity index (χ0n) is 13.0. The maximum absolute atomic E-state index is 3.69. The number of allylic oxidation sites excluding steroid dienone is 1. The van der Waals surface area contributed by atoms with Gasteiger partial charge in [0.05, 0.1) is 7.05 Å². The van der Waals surface area contributed by atoms with Gasteiger partial charge in [0.25, 0.3) is 0 Å². The molecular weight excluding hydrogens is 451 g/mol. The molecule has 0 aliphatic rings. The minimum Gasteiger partial charge on any atom is -0.583 e. The quantitative estimate of drug-likeness (QED) is 0.260. The molecule has 18 heavy (non-hydrogen) atoms. The van der Waals surface area contributed by atoms with Crippen molar-refractivity contribution in [3.8, 4) is 0 Å². The predicted octanol–water partition coefficient (Wildman–Crippen LogP) is 2.29. The first-order valence-corrected chi connectivity index (χ1v) is 3.55. The van der Waals surface area contributed by atoms with Gasteiger partial charge < -0.3 is 58.4 Å². The second-order valence-electron chi connectivity index (χ2n) is 2.25. The van der Waals surface area contributed by atoms with Gasteiger partial charge in [0, 0.05) is 98.1 Å². The van der Waals surface area contributed by atoms with Crippen molar-refractivity contribution in [1.29, 1.82) is 0 Å². The summed E-state index contributed by atoms with van der Waals surface area (Å²) in [6.07, 6.45) is 7.66. The first-order chi connectivity index (χ1) is 5.20. The molecule has 0 aromatic carbocycles. The van der Waals surface area contributed by atoms with Crippen LogP contribution in [-0.2, 0) is 98.1 Å². The summed E-state index contributed by atoms with van der Waals surface area (Å²) in [4.78, 5) is 1.85. The van der Waals surface area contributed by atoms with Crippen LogP contribution in [-0.4, -0.2) is 42.9 Å². The Morgan fingerprint density at radius 1 is 1.06 bits per heavy atom. The second kappa shape index (κ2) is 36.6. The van der Waals surface area contributed by atoms with E-state index >= 15 is 0 Å². The zero-order chi connectivity index (χ0) is 8.69. The third-order valence-electron chi connectivity index (χ3n) is 1.24. The van der Waals surface area contributed by atoms with Crippen LogP contribution in [0.5, 0.6) is 0 Å². The van der Waals surface area contributed by atoms with E-state index in [1.165, 1.54) is 0 Å². The number of rotatable bonds is 4. The van der Waals surface area contributed by atoms with Gasteiger partial charge in [0.2, 0.25) is 0 Å². The van der Waals surface area contributed by atoms with Crippen molar-refractivity contribution in [2.75, 3.05) is 27.2 Å².